The van der Waals surface area contributed by atoms with Crippen molar-refractivity contribution in [2.45, 2.75) is 5.75 Å². The third-order valence-corrected chi connectivity index (χ3v) is 5.39. The molecule has 3 rings (SSSR count). The summed E-state index contributed by atoms with van der Waals surface area (Å²) in [5.74, 6) is 1.13. The molecule has 2 aromatic carbocycles. The SMILES string of the molecule is N#Cc1ccc(CSCC(=O)N2CCN(c3ccc(F)cc3)CC2)cc1. The number of nitriles is 1. The summed E-state index contributed by atoms with van der Waals surface area (Å²) in [6.45, 7) is 2.90. The van der Waals surface area contributed by atoms with Gasteiger partial charge in [0.2, 0.25) is 5.91 Å². The Balaban J connectivity index is 1.42. The molecule has 6 heteroatoms. The summed E-state index contributed by atoms with van der Waals surface area (Å²) in [4.78, 5) is 16.4. The van der Waals surface area contributed by atoms with Crippen LogP contribution >= 0.6 is 11.8 Å². The molecule has 0 aliphatic carbocycles. The fourth-order valence-electron chi connectivity index (χ4n) is 2.89. The Morgan fingerprint density at radius 3 is 2.31 bits per heavy atom. The van der Waals surface area contributed by atoms with Crippen molar-refractivity contribution in [3.8, 4) is 6.07 Å². The Bertz CT molecular complexity index is 778. The Morgan fingerprint density at radius 2 is 1.69 bits per heavy atom. The van der Waals surface area contributed by atoms with E-state index in [1.54, 1.807) is 36.0 Å². The summed E-state index contributed by atoms with van der Waals surface area (Å²) in [5.41, 5.74) is 2.76. The van der Waals surface area contributed by atoms with Crippen LogP contribution in [0.3, 0.4) is 0 Å². The number of hydrogen-bond donors (Lipinski definition) is 0. The van der Waals surface area contributed by atoms with Crippen molar-refractivity contribution in [1.82, 2.24) is 4.90 Å². The molecule has 1 saturated heterocycles. The molecule has 0 bridgehead atoms. The largest absolute Gasteiger partial charge is 0.368 e. The first-order valence-electron chi connectivity index (χ1n) is 8.51. The minimum atomic E-state index is -0.234. The zero-order chi connectivity index (χ0) is 18.4. The number of benzene rings is 2. The average Bonchev–Trinajstić information content (AvgIpc) is 2.69. The molecular formula is C20H20FN3OS. The van der Waals surface area contributed by atoms with E-state index >= 15 is 0 Å². The van der Waals surface area contributed by atoms with Gasteiger partial charge in [0.25, 0.3) is 0 Å². The fourth-order valence-corrected chi connectivity index (χ4v) is 3.78. The number of carbonyl (C=O) groups excluding carboxylic acids is 1. The first kappa shape index (κ1) is 18.3. The van der Waals surface area contributed by atoms with Crippen LogP contribution in [-0.4, -0.2) is 42.7 Å². The van der Waals surface area contributed by atoms with Crippen molar-refractivity contribution in [2.75, 3.05) is 36.8 Å². The second kappa shape index (κ2) is 8.72. The van der Waals surface area contributed by atoms with E-state index in [9.17, 15) is 9.18 Å². The van der Waals surface area contributed by atoms with Crippen molar-refractivity contribution in [3.63, 3.8) is 0 Å². The maximum atomic E-state index is 13.0. The number of anilines is 1. The summed E-state index contributed by atoms with van der Waals surface area (Å²) in [6, 6.07) is 16.0. The van der Waals surface area contributed by atoms with Crippen molar-refractivity contribution < 1.29 is 9.18 Å². The second-order valence-corrected chi connectivity index (χ2v) is 7.13. The molecule has 1 heterocycles. The van der Waals surface area contributed by atoms with Crippen LogP contribution in [0.5, 0.6) is 0 Å². The molecule has 1 amide bonds. The molecule has 1 aliphatic rings. The van der Waals surface area contributed by atoms with Gasteiger partial charge in [-0.3, -0.25) is 4.79 Å². The van der Waals surface area contributed by atoms with E-state index < -0.39 is 0 Å². The Kier molecular flexibility index (Phi) is 6.13. The van der Waals surface area contributed by atoms with E-state index in [4.69, 9.17) is 5.26 Å². The second-order valence-electron chi connectivity index (χ2n) is 6.15. The van der Waals surface area contributed by atoms with Crippen molar-refractivity contribution in [2.24, 2.45) is 0 Å². The van der Waals surface area contributed by atoms with Crippen LogP contribution in [0.1, 0.15) is 11.1 Å². The van der Waals surface area contributed by atoms with E-state index in [0.717, 1.165) is 30.1 Å². The highest BCUT2D eigenvalue weighted by Crippen LogP contribution is 2.18. The standard InChI is InChI=1S/C20H20FN3OS/c21-18-5-7-19(8-6-18)23-9-11-24(12-10-23)20(25)15-26-14-17-3-1-16(13-22)2-4-17/h1-8H,9-12,14-15H2. The van der Waals surface area contributed by atoms with Gasteiger partial charge in [0.05, 0.1) is 17.4 Å². The minimum Gasteiger partial charge on any atom is -0.368 e. The summed E-state index contributed by atoms with van der Waals surface area (Å²) in [6.07, 6.45) is 0. The number of nitrogens with zero attached hydrogens (tertiary/aromatic N) is 3. The summed E-state index contributed by atoms with van der Waals surface area (Å²) in [5, 5.41) is 8.80. The zero-order valence-electron chi connectivity index (χ0n) is 14.4. The van der Waals surface area contributed by atoms with Crippen molar-refractivity contribution in [1.29, 1.82) is 5.26 Å². The van der Waals surface area contributed by atoms with Crippen LogP contribution in [0.2, 0.25) is 0 Å². The van der Waals surface area contributed by atoms with Gasteiger partial charge < -0.3 is 9.80 Å². The van der Waals surface area contributed by atoms with Crippen molar-refractivity contribution in [3.05, 3.63) is 65.5 Å². The molecular weight excluding hydrogens is 349 g/mol. The monoisotopic (exact) mass is 369 g/mol. The first-order chi connectivity index (χ1) is 12.7. The Morgan fingerprint density at radius 1 is 1.04 bits per heavy atom. The normalized spacial score (nSPS) is 14.2. The molecule has 0 radical (unpaired) electrons. The van der Waals surface area contributed by atoms with Crippen LogP contribution in [0, 0.1) is 17.1 Å². The van der Waals surface area contributed by atoms with Gasteiger partial charge in [-0.15, -0.1) is 11.8 Å². The number of halogens is 1. The quantitative estimate of drug-likeness (QED) is 0.812. The lowest BCUT2D eigenvalue weighted by Gasteiger charge is -2.36. The number of hydrogen-bond acceptors (Lipinski definition) is 4. The number of piperazine rings is 1. The average molecular weight is 369 g/mol. The maximum Gasteiger partial charge on any atom is 0.232 e. The number of thioether (sulfide) groups is 1. The molecule has 0 unspecified atom stereocenters. The van der Waals surface area contributed by atoms with Gasteiger partial charge in [-0.05, 0) is 42.0 Å². The molecule has 0 saturated carbocycles. The molecule has 0 N–H and O–H groups in total. The lowest BCUT2D eigenvalue weighted by molar-refractivity contribution is -0.128. The van der Waals surface area contributed by atoms with Gasteiger partial charge in [0.1, 0.15) is 5.82 Å². The van der Waals surface area contributed by atoms with E-state index in [-0.39, 0.29) is 11.7 Å². The molecule has 0 spiro atoms. The smallest absolute Gasteiger partial charge is 0.232 e. The predicted octanol–water partition coefficient (Wildman–Crippen LogP) is 3.28. The molecule has 26 heavy (non-hydrogen) atoms. The van der Waals surface area contributed by atoms with E-state index in [2.05, 4.69) is 11.0 Å². The van der Waals surface area contributed by atoms with Crippen molar-refractivity contribution >= 4 is 23.4 Å². The molecule has 2 aromatic rings. The van der Waals surface area contributed by atoms with Gasteiger partial charge >= 0.3 is 0 Å². The van der Waals surface area contributed by atoms with Gasteiger partial charge in [-0.25, -0.2) is 4.39 Å². The number of carbonyl (C=O) groups is 1. The minimum absolute atomic E-state index is 0.155. The van der Waals surface area contributed by atoms with E-state index in [0.29, 0.717) is 24.4 Å². The lowest BCUT2D eigenvalue weighted by atomic mass is 10.2. The number of amides is 1. The highest BCUT2D eigenvalue weighted by molar-refractivity contribution is 7.99. The maximum absolute atomic E-state index is 13.0. The Hall–Kier alpha value is -2.52. The third-order valence-electron chi connectivity index (χ3n) is 4.40. The molecule has 0 atom stereocenters. The van der Waals surface area contributed by atoms with Crippen LogP contribution in [0.15, 0.2) is 48.5 Å². The molecule has 0 aromatic heterocycles. The molecule has 4 nitrogen and oxygen atoms in total. The van der Waals surface area contributed by atoms with Gasteiger partial charge in [-0.1, -0.05) is 12.1 Å². The molecule has 134 valence electrons. The number of rotatable bonds is 5. The van der Waals surface area contributed by atoms with Gasteiger partial charge in [0.15, 0.2) is 0 Å². The lowest BCUT2D eigenvalue weighted by Crippen LogP contribution is -2.49. The summed E-state index contributed by atoms with van der Waals surface area (Å²) in [7, 11) is 0. The highest BCUT2D eigenvalue weighted by Gasteiger charge is 2.21. The predicted molar refractivity (Wildman–Crippen MR) is 103 cm³/mol. The molecule has 1 aliphatic heterocycles. The topological polar surface area (TPSA) is 47.3 Å². The summed E-state index contributed by atoms with van der Waals surface area (Å²) < 4.78 is 13.0. The van der Waals surface area contributed by atoms with Crippen LogP contribution in [-0.2, 0) is 10.5 Å². The summed E-state index contributed by atoms with van der Waals surface area (Å²) >= 11 is 1.59. The highest BCUT2D eigenvalue weighted by atomic mass is 32.2. The zero-order valence-corrected chi connectivity index (χ0v) is 15.2. The van der Waals surface area contributed by atoms with Crippen LogP contribution < -0.4 is 4.90 Å². The van der Waals surface area contributed by atoms with Crippen LogP contribution in [0.25, 0.3) is 0 Å². The fraction of sp³-hybridized carbons (Fsp3) is 0.300. The van der Waals surface area contributed by atoms with Gasteiger partial charge in [-0.2, -0.15) is 5.26 Å². The van der Waals surface area contributed by atoms with E-state index in [1.165, 1.54) is 12.1 Å². The Labute approximate surface area is 157 Å². The molecule has 1 fully saturated rings. The van der Waals surface area contributed by atoms with E-state index in [1.807, 2.05) is 17.0 Å². The van der Waals surface area contributed by atoms with Gasteiger partial charge in [0, 0.05) is 37.6 Å². The third kappa shape index (κ3) is 4.77. The first-order valence-corrected chi connectivity index (χ1v) is 9.66. The van der Waals surface area contributed by atoms with Crippen LogP contribution in [0.4, 0.5) is 10.1 Å².